The van der Waals surface area contributed by atoms with Gasteiger partial charge >= 0.3 is 0 Å². The zero-order chi connectivity index (χ0) is 16.4. The van der Waals surface area contributed by atoms with Crippen LogP contribution in [0, 0.1) is 0 Å². The van der Waals surface area contributed by atoms with Crippen molar-refractivity contribution in [2.45, 2.75) is 0 Å². The topological polar surface area (TPSA) is 79.4 Å². The Balaban J connectivity index is 1.60. The van der Waals surface area contributed by atoms with Crippen molar-refractivity contribution < 1.29 is 14.4 Å². The van der Waals surface area contributed by atoms with E-state index in [2.05, 4.69) is 10.3 Å². The second kappa shape index (κ2) is 6.18. The molecule has 1 aromatic heterocycles. The molecule has 0 saturated heterocycles. The zero-order valence-corrected chi connectivity index (χ0v) is 12.7. The molecule has 0 atom stereocenters. The number of hydrogen-bond acceptors (Lipinski definition) is 4. The van der Waals surface area contributed by atoms with Crippen LogP contribution in [0.4, 0.5) is 0 Å². The Hall–Kier alpha value is -2.73. The molecule has 2 heterocycles. The van der Waals surface area contributed by atoms with Crippen LogP contribution in [-0.4, -0.2) is 40.7 Å². The normalized spacial score (nSPS) is 13.2. The number of aromatic nitrogens is 1. The van der Waals surface area contributed by atoms with Crippen LogP contribution >= 0.6 is 11.6 Å². The Morgan fingerprint density at radius 1 is 1.13 bits per heavy atom. The van der Waals surface area contributed by atoms with E-state index in [0.717, 1.165) is 4.90 Å². The lowest BCUT2D eigenvalue weighted by Gasteiger charge is -2.13. The summed E-state index contributed by atoms with van der Waals surface area (Å²) in [7, 11) is 0. The minimum Gasteiger partial charge on any atom is -0.350 e. The summed E-state index contributed by atoms with van der Waals surface area (Å²) in [6.07, 6.45) is 1.47. The van der Waals surface area contributed by atoms with Gasteiger partial charge in [-0.05, 0) is 36.4 Å². The standard InChI is InChI=1S/C16H12ClN3O3/c17-11-5-3-10(4-6-11)14(21)19-8-9-20-15(22)12-2-1-7-18-13(12)16(20)23/h1-7H,8-9H2,(H,19,21). The number of carbonyl (C=O) groups excluding carboxylic acids is 3. The highest BCUT2D eigenvalue weighted by atomic mass is 35.5. The van der Waals surface area contributed by atoms with Gasteiger partial charge in [0.25, 0.3) is 17.7 Å². The van der Waals surface area contributed by atoms with Crippen molar-refractivity contribution in [3.8, 4) is 0 Å². The highest BCUT2D eigenvalue weighted by molar-refractivity contribution is 6.30. The lowest BCUT2D eigenvalue weighted by atomic mass is 10.2. The predicted molar refractivity (Wildman–Crippen MR) is 83.4 cm³/mol. The van der Waals surface area contributed by atoms with Gasteiger partial charge in [-0.1, -0.05) is 11.6 Å². The average molecular weight is 330 g/mol. The Morgan fingerprint density at radius 2 is 1.87 bits per heavy atom. The molecule has 1 N–H and O–H groups in total. The van der Waals surface area contributed by atoms with Gasteiger partial charge in [0.05, 0.1) is 5.56 Å². The SMILES string of the molecule is O=C(NCCN1C(=O)c2cccnc2C1=O)c1ccc(Cl)cc1. The van der Waals surface area contributed by atoms with Crippen LogP contribution in [-0.2, 0) is 0 Å². The van der Waals surface area contributed by atoms with Gasteiger partial charge in [-0.25, -0.2) is 0 Å². The summed E-state index contributed by atoms with van der Waals surface area (Å²) in [5.74, 6) is -1.12. The first-order chi connectivity index (χ1) is 11.1. The number of fused-ring (bicyclic) bond motifs is 1. The Morgan fingerprint density at radius 3 is 2.57 bits per heavy atom. The number of benzene rings is 1. The summed E-state index contributed by atoms with van der Waals surface area (Å²) in [4.78, 5) is 41.2. The number of hydrogen-bond donors (Lipinski definition) is 1. The maximum atomic E-state index is 12.1. The molecule has 1 aromatic carbocycles. The third kappa shape index (κ3) is 2.93. The van der Waals surface area contributed by atoms with Crippen LogP contribution in [0.3, 0.4) is 0 Å². The molecule has 0 fully saturated rings. The maximum absolute atomic E-state index is 12.1. The molecule has 23 heavy (non-hydrogen) atoms. The van der Waals surface area contributed by atoms with Crippen molar-refractivity contribution in [1.82, 2.24) is 15.2 Å². The van der Waals surface area contributed by atoms with Gasteiger partial charge < -0.3 is 5.32 Å². The molecule has 7 heteroatoms. The second-order valence-corrected chi connectivity index (χ2v) is 5.36. The fourth-order valence-corrected chi connectivity index (χ4v) is 2.43. The third-order valence-corrected chi connectivity index (χ3v) is 3.71. The van der Waals surface area contributed by atoms with E-state index in [1.165, 1.54) is 6.20 Å². The predicted octanol–water partition coefficient (Wildman–Crippen LogP) is 1.76. The van der Waals surface area contributed by atoms with E-state index in [1.54, 1.807) is 36.4 Å². The zero-order valence-electron chi connectivity index (χ0n) is 12.0. The summed E-state index contributed by atoms with van der Waals surface area (Å²) in [5, 5.41) is 3.21. The second-order valence-electron chi connectivity index (χ2n) is 4.92. The minimum atomic E-state index is -0.439. The molecule has 0 aliphatic carbocycles. The van der Waals surface area contributed by atoms with Crippen LogP contribution in [0.1, 0.15) is 31.2 Å². The van der Waals surface area contributed by atoms with Crippen molar-refractivity contribution >= 4 is 29.3 Å². The highest BCUT2D eigenvalue weighted by Crippen LogP contribution is 2.19. The van der Waals surface area contributed by atoms with E-state index in [4.69, 9.17) is 11.6 Å². The van der Waals surface area contributed by atoms with Crippen LogP contribution in [0.15, 0.2) is 42.6 Å². The molecule has 3 amide bonds. The van der Waals surface area contributed by atoms with Crippen molar-refractivity contribution in [3.05, 3.63) is 64.4 Å². The van der Waals surface area contributed by atoms with Gasteiger partial charge in [-0.2, -0.15) is 0 Å². The van der Waals surface area contributed by atoms with E-state index in [-0.39, 0.29) is 30.6 Å². The van der Waals surface area contributed by atoms with Crippen molar-refractivity contribution in [2.75, 3.05) is 13.1 Å². The number of nitrogens with zero attached hydrogens (tertiary/aromatic N) is 2. The van der Waals surface area contributed by atoms with E-state index in [0.29, 0.717) is 16.1 Å². The first kappa shape index (κ1) is 15.2. The van der Waals surface area contributed by atoms with Crippen LogP contribution in [0.25, 0.3) is 0 Å². The summed E-state index contributed by atoms with van der Waals surface area (Å²) in [5.41, 5.74) is 0.904. The molecule has 3 rings (SSSR count). The molecule has 6 nitrogen and oxygen atoms in total. The van der Waals surface area contributed by atoms with Crippen molar-refractivity contribution in [3.63, 3.8) is 0 Å². The lowest BCUT2D eigenvalue weighted by molar-refractivity contribution is 0.0648. The van der Waals surface area contributed by atoms with Crippen molar-refractivity contribution in [1.29, 1.82) is 0 Å². The Kier molecular flexibility index (Phi) is 4.08. The third-order valence-electron chi connectivity index (χ3n) is 3.46. The number of pyridine rings is 1. The van der Waals surface area contributed by atoms with Gasteiger partial charge in [0.2, 0.25) is 0 Å². The van der Waals surface area contributed by atoms with Crippen LogP contribution < -0.4 is 5.32 Å². The summed E-state index contributed by atoms with van der Waals surface area (Å²) < 4.78 is 0. The minimum absolute atomic E-state index is 0.0906. The molecule has 0 bridgehead atoms. The molecule has 0 saturated carbocycles. The van der Waals surface area contributed by atoms with Crippen LogP contribution in [0.2, 0.25) is 5.02 Å². The molecular weight excluding hydrogens is 318 g/mol. The Labute approximate surface area is 137 Å². The smallest absolute Gasteiger partial charge is 0.280 e. The number of halogens is 1. The molecule has 0 unspecified atom stereocenters. The summed E-state index contributed by atoms with van der Waals surface area (Å²) >= 11 is 5.76. The monoisotopic (exact) mass is 329 g/mol. The summed E-state index contributed by atoms with van der Waals surface area (Å²) in [6, 6.07) is 9.61. The number of rotatable bonds is 4. The fourth-order valence-electron chi connectivity index (χ4n) is 2.30. The fraction of sp³-hybridized carbons (Fsp3) is 0.125. The molecule has 2 aromatic rings. The first-order valence-corrected chi connectivity index (χ1v) is 7.30. The van der Waals surface area contributed by atoms with Crippen molar-refractivity contribution in [2.24, 2.45) is 0 Å². The van der Waals surface area contributed by atoms with E-state index in [1.807, 2.05) is 0 Å². The molecule has 1 aliphatic heterocycles. The van der Waals surface area contributed by atoms with Gasteiger partial charge in [0, 0.05) is 29.9 Å². The number of nitrogens with one attached hydrogen (secondary N) is 1. The van der Waals surface area contributed by atoms with Gasteiger partial charge in [-0.3, -0.25) is 24.3 Å². The Bertz CT molecular complexity index is 754. The molecular formula is C16H12ClN3O3. The van der Waals surface area contributed by atoms with Gasteiger partial charge in [-0.15, -0.1) is 0 Å². The number of carbonyl (C=O) groups is 3. The maximum Gasteiger partial charge on any atom is 0.280 e. The van der Waals surface area contributed by atoms with E-state index >= 15 is 0 Å². The molecule has 1 aliphatic rings. The first-order valence-electron chi connectivity index (χ1n) is 6.93. The van der Waals surface area contributed by atoms with Crippen LogP contribution in [0.5, 0.6) is 0 Å². The van der Waals surface area contributed by atoms with E-state index in [9.17, 15) is 14.4 Å². The van der Waals surface area contributed by atoms with Gasteiger partial charge in [0.1, 0.15) is 5.69 Å². The molecule has 0 radical (unpaired) electrons. The average Bonchev–Trinajstić information content (AvgIpc) is 2.81. The number of imide groups is 1. The highest BCUT2D eigenvalue weighted by Gasteiger charge is 2.36. The van der Waals surface area contributed by atoms with E-state index < -0.39 is 5.91 Å². The summed E-state index contributed by atoms with van der Waals surface area (Å²) in [6.45, 7) is 0.250. The number of amides is 3. The van der Waals surface area contributed by atoms with Gasteiger partial charge in [0.15, 0.2) is 0 Å². The molecule has 116 valence electrons. The molecule has 0 spiro atoms. The largest absolute Gasteiger partial charge is 0.350 e. The lowest BCUT2D eigenvalue weighted by Crippen LogP contribution is -2.38. The quantitative estimate of drug-likeness (QED) is 0.867.